The molecule has 0 aliphatic rings. The van der Waals surface area contributed by atoms with E-state index in [4.69, 9.17) is 5.73 Å². The number of halogens is 3. The number of nitrogens with zero attached hydrogens (tertiary/aromatic N) is 1. The predicted octanol–water partition coefficient (Wildman–Crippen LogP) is 3.77. The third-order valence-electron chi connectivity index (χ3n) is 2.49. The van der Waals surface area contributed by atoms with Crippen molar-refractivity contribution in [1.29, 1.82) is 0 Å². The number of benzene rings is 1. The molecule has 1 aromatic carbocycles. The van der Waals surface area contributed by atoms with Gasteiger partial charge in [-0.1, -0.05) is 22.0 Å². The van der Waals surface area contributed by atoms with Crippen LogP contribution in [0.25, 0.3) is 0 Å². The lowest BCUT2D eigenvalue weighted by atomic mass is 10.2. The van der Waals surface area contributed by atoms with Crippen LogP contribution >= 0.6 is 47.8 Å². The third-order valence-corrected chi connectivity index (χ3v) is 4.24. The first kappa shape index (κ1) is 13.8. The maximum atomic E-state index is 12.0. The van der Waals surface area contributed by atoms with Gasteiger partial charge in [0.25, 0.3) is 5.56 Å². The first-order valence-electron chi connectivity index (χ1n) is 5.07. The first-order chi connectivity index (χ1) is 8.49. The normalized spacial score (nSPS) is 10.6. The van der Waals surface area contributed by atoms with Gasteiger partial charge in [-0.3, -0.25) is 4.79 Å². The molecule has 0 amide bonds. The molecule has 6 heteroatoms. The maximum Gasteiger partial charge on any atom is 0.265 e. The molecular formula is C12H9Br3N2O. The molecule has 2 rings (SSSR count). The van der Waals surface area contributed by atoms with Crippen molar-refractivity contribution in [2.24, 2.45) is 0 Å². The van der Waals surface area contributed by atoms with Crippen LogP contribution in [0.15, 0.2) is 48.7 Å². The van der Waals surface area contributed by atoms with Crippen LogP contribution in [0, 0.1) is 0 Å². The summed E-state index contributed by atoms with van der Waals surface area (Å²) in [6.45, 7) is 0.421. The zero-order valence-electron chi connectivity index (χ0n) is 9.16. The Bertz CT molecular complexity index is 632. The minimum absolute atomic E-state index is 0.0895. The Morgan fingerprint density at radius 1 is 1.17 bits per heavy atom. The molecule has 18 heavy (non-hydrogen) atoms. The number of aromatic nitrogens is 1. The van der Waals surface area contributed by atoms with Gasteiger partial charge in [0.05, 0.1) is 11.0 Å². The third kappa shape index (κ3) is 2.87. The zero-order chi connectivity index (χ0) is 13.3. The molecule has 0 spiro atoms. The molecular weight excluding hydrogens is 428 g/mol. The van der Waals surface area contributed by atoms with Gasteiger partial charge < -0.3 is 10.3 Å². The molecule has 3 nitrogen and oxygen atoms in total. The van der Waals surface area contributed by atoms with Crippen LogP contribution in [0.3, 0.4) is 0 Å². The molecule has 0 saturated heterocycles. The number of anilines is 1. The SMILES string of the molecule is Nc1cccc(Br)c1Cn1cc(Br)cc(Br)c1=O. The van der Waals surface area contributed by atoms with Gasteiger partial charge in [-0.2, -0.15) is 0 Å². The second-order valence-electron chi connectivity index (χ2n) is 3.75. The highest BCUT2D eigenvalue weighted by Crippen LogP contribution is 2.23. The van der Waals surface area contributed by atoms with Crippen LogP contribution in [0.5, 0.6) is 0 Å². The van der Waals surface area contributed by atoms with E-state index in [1.807, 2.05) is 18.2 Å². The van der Waals surface area contributed by atoms with Crippen LogP contribution in [0.1, 0.15) is 5.56 Å². The summed E-state index contributed by atoms with van der Waals surface area (Å²) in [5.41, 5.74) is 7.39. The number of nitrogens with two attached hydrogens (primary N) is 1. The maximum absolute atomic E-state index is 12.0. The van der Waals surface area contributed by atoms with Gasteiger partial charge in [0, 0.05) is 26.4 Å². The van der Waals surface area contributed by atoms with Crippen LogP contribution in [0.4, 0.5) is 5.69 Å². The van der Waals surface area contributed by atoms with Crippen molar-refractivity contribution >= 4 is 53.5 Å². The molecule has 0 aliphatic carbocycles. The predicted molar refractivity (Wildman–Crippen MR) is 83.8 cm³/mol. The minimum Gasteiger partial charge on any atom is -0.398 e. The Labute approximate surface area is 129 Å². The number of rotatable bonds is 2. The number of hydrogen-bond acceptors (Lipinski definition) is 2. The molecule has 2 N–H and O–H groups in total. The Morgan fingerprint density at radius 2 is 1.89 bits per heavy atom. The van der Waals surface area contributed by atoms with Gasteiger partial charge in [-0.15, -0.1) is 0 Å². The summed E-state index contributed by atoms with van der Waals surface area (Å²) in [7, 11) is 0. The van der Waals surface area contributed by atoms with E-state index in [0.717, 1.165) is 14.5 Å². The van der Waals surface area contributed by atoms with Crippen molar-refractivity contribution in [3.8, 4) is 0 Å². The lowest BCUT2D eigenvalue weighted by Crippen LogP contribution is -2.21. The van der Waals surface area contributed by atoms with Crippen LogP contribution in [-0.4, -0.2) is 4.57 Å². The molecule has 0 saturated carbocycles. The Hall–Kier alpha value is -0.590. The smallest absolute Gasteiger partial charge is 0.265 e. The molecule has 0 bridgehead atoms. The highest BCUT2D eigenvalue weighted by Gasteiger charge is 2.08. The van der Waals surface area contributed by atoms with E-state index in [1.165, 1.54) is 0 Å². The second-order valence-corrected chi connectivity index (χ2v) is 6.37. The zero-order valence-corrected chi connectivity index (χ0v) is 13.9. The van der Waals surface area contributed by atoms with Crippen molar-refractivity contribution < 1.29 is 0 Å². The second kappa shape index (κ2) is 5.59. The molecule has 2 aromatic rings. The fourth-order valence-electron chi connectivity index (χ4n) is 1.59. The van der Waals surface area contributed by atoms with Gasteiger partial charge in [-0.05, 0) is 50.1 Å². The molecule has 0 radical (unpaired) electrons. The topological polar surface area (TPSA) is 48.0 Å². The fraction of sp³-hybridized carbons (Fsp3) is 0.0833. The van der Waals surface area contributed by atoms with Crippen molar-refractivity contribution in [2.45, 2.75) is 6.54 Å². The number of pyridine rings is 1. The lowest BCUT2D eigenvalue weighted by Gasteiger charge is -2.11. The highest BCUT2D eigenvalue weighted by molar-refractivity contribution is 9.11. The summed E-state index contributed by atoms with van der Waals surface area (Å²) in [6.07, 6.45) is 1.74. The quantitative estimate of drug-likeness (QED) is 0.728. The van der Waals surface area contributed by atoms with Crippen molar-refractivity contribution in [3.05, 3.63) is 59.8 Å². The summed E-state index contributed by atoms with van der Waals surface area (Å²) < 4.78 is 3.84. The van der Waals surface area contributed by atoms with E-state index >= 15 is 0 Å². The Kier molecular flexibility index (Phi) is 4.29. The summed E-state index contributed by atoms with van der Waals surface area (Å²) in [6, 6.07) is 7.31. The largest absolute Gasteiger partial charge is 0.398 e. The summed E-state index contributed by atoms with van der Waals surface area (Å²) in [4.78, 5) is 12.0. The summed E-state index contributed by atoms with van der Waals surface area (Å²) in [5.74, 6) is 0. The van der Waals surface area contributed by atoms with Crippen molar-refractivity contribution in [3.63, 3.8) is 0 Å². The van der Waals surface area contributed by atoms with E-state index in [1.54, 1.807) is 16.8 Å². The number of nitrogen functional groups attached to an aromatic ring is 1. The summed E-state index contributed by atoms with van der Waals surface area (Å²) in [5, 5.41) is 0. The minimum atomic E-state index is -0.0895. The van der Waals surface area contributed by atoms with Gasteiger partial charge in [-0.25, -0.2) is 0 Å². The monoisotopic (exact) mass is 434 g/mol. The van der Waals surface area contributed by atoms with Gasteiger partial charge in [0.15, 0.2) is 0 Å². The molecule has 1 aromatic heterocycles. The van der Waals surface area contributed by atoms with Crippen LogP contribution in [-0.2, 0) is 6.54 Å². The van der Waals surface area contributed by atoms with Crippen molar-refractivity contribution in [2.75, 3.05) is 5.73 Å². The van der Waals surface area contributed by atoms with Crippen LogP contribution < -0.4 is 11.3 Å². The van der Waals surface area contributed by atoms with E-state index in [0.29, 0.717) is 16.7 Å². The molecule has 0 atom stereocenters. The Morgan fingerprint density at radius 3 is 2.56 bits per heavy atom. The molecule has 0 aliphatic heterocycles. The first-order valence-corrected chi connectivity index (χ1v) is 7.45. The van der Waals surface area contributed by atoms with E-state index in [9.17, 15) is 4.79 Å². The Balaban J connectivity index is 2.50. The molecule has 0 fully saturated rings. The van der Waals surface area contributed by atoms with E-state index in [2.05, 4.69) is 47.8 Å². The standard InChI is InChI=1S/C12H9Br3N2O/c13-7-4-10(15)12(18)17(5-7)6-8-9(14)2-1-3-11(8)16/h1-5H,6,16H2. The van der Waals surface area contributed by atoms with Crippen LogP contribution in [0.2, 0.25) is 0 Å². The van der Waals surface area contributed by atoms with Gasteiger partial charge >= 0.3 is 0 Å². The molecule has 94 valence electrons. The van der Waals surface area contributed by atoms with Gasteiger partial charge in [0.1, 0.15) is 0 Å². The van der Waals surface area contributed by atoms with Gasteiger partial charge in [0.2, 0.25) is 0 Å². The molecule has 0 unspecified atom stereocenters. The fourth-order valence-corrected chi connectivity index (χ4v) is 3.36. The summed E-state index contributed by atoms with van der Waals surface area (Å²) >= 11 is 10.1. The molecule has 1 heterocycles. The number of hydrogen-bond donors (Lipinski definition) is 1. The average molecular weight is 437 g/mol. The highest BCUT2D eigenvalue weighted by atomic mass is 79.9. The average Bonchev–Trinajstić information content (AvgIpc) is 2.30. The van der Waals surface area contributed by atoms with Crippen molar-refractivity contribution in [1.82, 2.24) is 4.57 Å². The van der Waals surface area contributed by atoms with E-state index in [-0.39, 0.29) is 5.56 Å². The van der Waals surface area contributed by atoms with E-state index < -0.39 is 0 Å². The lowest BCUT2D eigenvalue weighted by molar-refractivity contribution is 0.751.